The van der Waals surface area contributed by atoms with Crippen LogP contribution in [0.4, 0.5) is 0 Å². The number of aliphatic hydroxyl groups is 1. The van der Waals surface area contributed by atoms with Crippen LogP contribution in [-0.4, -0.2) is 16.3 Å². The summed E-state index contributed by atoms with van der Waals surface area (Å²) in [6, 6.07) is 4.12. The molecule has 2 nitrogen and oxygen atoms in total. The van der Waals surface area contributed by atoms with E-state index in [2.05, 4.69) is 16.7 Å². The van der Waals surface area contributed by atoms with Crippen LogP contribution in [0.1, 0.15) is 11.4 Å². The highest BCUT2D eigenvalue weighted by molar-refractivity contribution is 5.13. The van der Waals surface area contributed by atoms with Crippen LogP contribution in [0.3, 0.4) is 0 Å². The van der Waals surface area contributed by atoms with Crippen LogP contribution >= 0.6 is 0 Å². The largest absolute Gasteiger partial charge is 0.395 e. The molecule has 0 fully saturated rings. The molecule has 1 heterocycles. The van der Waals surface area contributed by atoms with Crippen LogP contribution in [-0.2, 0) is 6.54 Å². The molecule has 0 aromatic carbocycles. The van der Waals surface area contributed by atoms with Crippen LogP contribution in [0.5, 0.6) is 0 Å². The highest BCUT2D eigenvalue weighted by Gasteiger charge is 1.97. The van der Waals surface area contributed by atoms with E-state index in [0.717, 1.165) is 0 Å². The minimum atomic E-state index is 0.219. The lowest BCUT2D eigenvalue weighted by Crippen LogP contribution is -2.04. The molecule has 2 heteroatoms. The van der Waals surface area contributed by atoms with Crippen LogP contribution in [0.15, 0.2) is 12.1 Å². The Balaban J connectivity index is 2.87. The van der Waals surface area contributed by atoms with Crippen LogP contribution < -0.4 is 0 Å². The molecule has 1 N–H and O–H groups in total. The first-order valence-corrected chi connectivity index (χ1v) is 3.49. The Morgan fingerprint density at radius 3 is 2.20 bits per heavy atom. The zero-order valence-corrected chi connectivity index (χ0v) is 6.46. The molecular weight excluding hydrogens is 126 g/mol. The van der Waals surface area contributed by atoms with E-state index in [9.17, 15) is 0 Å². The summed E-state index contributed by atoms with van der Waals surface area (Å²) in [7, 11) is 0. The Hall–Kier alpha value is -0.760. The second kappa shape index (κ2) is 2.88. The minimum Gasteiger partial charge on any atom is -0.395 e. The topological polar surface area (TPSA) is 25.2 Å². The van der Waals surface area contributed by atoms with Gasteiger partial charge in [-0.2, -0.15) is 0 Å². The second-order valence-electron chi connectivity index (χ2n) is 2.49. The molecule has 10 heavy (non-hydrogen) atoms. The normalized spacial score (nSPS) is 10.3. The van der Waals surface area contributed by atoms with Gasteiger partial charge in [0.2, 0.25) is 0 Å². The number of aliphatic hydroxyl groups excluding tert-OH is 1. The molecule has 0 aliphatic heterocycles. The molecule has 56 valence electrons. The van der Waals surface area contributed by atoms with E-state index < -0.39 is 0 Å². The third-order valence-corrected chi connectivity index (χ3v) is 1.74. The van der Waals surface area contributed by atoms with Crippen LogP contribution in [0, 0.1) is 13.8 Å². The average Bonchev–Trinajstić information content (AvgIpc) is 2.20. The van der Waals surface area contributed by atoms with Gasteiger partial charge in [-0.3, -0.25) is 0 Å². The summed E-state index contributed by atoms with van der Waals surface area (Å²) in [4.78, 5) is 0. The molecule has 0 unspecified atom stereocenters. The van der Waals surface area contributed by atoms with E-state index in [1.807, 2.05) is 13.8 Å². The zero-order chi connectivity index (χ0) is 7.56. The van der Waals surface area contributed by atoms with Crippen molar-refractivity contribution in [3.8, 4) is 0 Å². The maximum absolute atomic E-state index is 8.67. The summed E-state index contributed by atoms with van der Waals surface area (Å²) in [6.07, 6.45) is 0. The van der Waals surface area contributed by atoms with Crippen molar-refractivity contribution in [3.05, 3.63) is 23.5 Å². The van der Waals surface area contributed by atoms with Crippen molar-refractivity contribution in [2.24, 2.45) is 0 Å². The zero-order valence-electron chi connectivity index (χ0n) is 6.46. The third kappa shape index (κ3) is 1.21. The van der Waals surface area contributed by atoms with Gasteiger partial charge in [0, 0.05) is 17.9 Å². The molecule has 0 aliphatic carbocycles. The maximum Gasteiger partial charge on any atom is 0.0610 e. The second-order valence-corrected chi connectivity index (χ2v) is 2.49. The first-order chi connectivity index (χ1) is 4.75. The lowest BCUT2D eigenvalue weighted by atomic mass is 10.5. The van der Waals surface area contributed by atoms with Gasteiger partial charge in [-0.1, -0.05) is 0 Å². The van der Waals surface area contributed by atoms with Crippen LogP contribution in [0.25, 0.3) is 0 Å². The molecule has 1 aromatic heterocycles. The first kappa shape index (κ1) is 7.35. The molecule has 0 aliphatic rings. The van der Waals surface area contributed by atoms with Crippen molar-refractivity contribution in [1.82, 2.24) is 4.57 Å². The average molecular weight is 139 g/mol. The summed E-state index contributed by atoms with van der Waals surface area (Å²) >= 11 is 0. The fourth-order valence-electron chi connectivity index (χ4n) is 1.15. The summed E-state index contributed by atoms with van der Waals surface area (Å²) in [5.41, 5.74) is 2.43. The Morgan fingerprint density at radius 1 is 1.30 bits per heavy atom. The molecule has 0 atom stereocenters. The van der Waals surface area contributed by atoms with Gasteiger partial charge >= 0.3 is 0 Å². The Labute approximate surface area is 61.1 Å². The minimum absolute atomic E-state index is 0.219. The molecule has 0 saturated heterocycles. The van der Waals surface area contributed by atoms with E-state index in [-0.39, 0.29) is 6.61 Å². The number of nitrogens with zero attached hydrogens (tertiary/aromatic N) is 1. The van der Waals surface area contributed by atoms with Gasteiger partial charge in [0.25, 0.3) is 0 Å². The fourth-order valence-corrected chi connectivity index (χ4v) is 1.15. The van der Waals surface area contributed by atoms with E-state index in [1.54, 1.807) is 0 Å². The predicted molar refractivity (Wildman–Crippen MR) is 41.0 cm³/mol. The van der Waals surface area contributed by atoms with Crippen molar-refractivity contribution < 1.29 is 5.11 Å². The highest BCUT2D eigenvalue weighted by Crippen LogP contribution is 2.05. The van der Waals surface area contributed by atoms with E-state index >= 15 is 0 Å². The van der Waals surface area contributed by atoms with E-state index in [0.29, 0.717) is 6.54 Å². The summed E-state index contributed by atoms with van der Waals surface area (Å²) < 4.78 is 2.10. The molecular formula is C8H13NO. The molecule has 0 amide bonds. The molecule has 1 rings (SSSR count). The SMILES string of the molecule is Cc1ccc(C)n1CCO. The Morgan fingerprint density at radius 2 is 1.80 bits per heavy atom. The van der Waals surface area contributed by atoms with E-state index in [1.165, 1.54) is 11.4 Å². The lowest BCUT2D eigenvalue weighted by molar-refractivity contribution is 0.274. The maximum atomic E-state index is 8.67. The van der Waals surface area contributed by atoms with Gasteiger partial charge in [0.15, 0.2) is 0 Å². The summed E-state index contributed by atoms with van der Waals surface area (Å²) in [5.74, 6) is 0. The van der Waals surface area contributed by atoms with Gasteiger partial charge in [0.05, 0.1) is 6.61 Å². The first-order valence-electron chi connectivity index (χ1n) is 3.49. The van der Waals surface area contributed by atoms with Crippen molar-refractivity contribution >= 4 is 0 Å². The van der Waals surface area contributed by atoms with Crippen molar-refractivity contribution in [3.63, 3.8) is 0 Å². The smallest absolute Gasteiger partial charge is 0.0610 e. The molecule has 1 aromatic rings. The predicted octanol–water partition coefficient (Wildman–Crippen LogP) is 1.10. The van der Waals surface area contributed by atoms with Gasteiger partial charge in [-0.25, -0.2) is 0 Å². The third-order valence-electron chi connectivity index (χ3n) is 1.74. The monoisotopic (exact) mass is 139 g/mol. The highest BCUT2D eigenvalue weighted by atomic mass is 16.3. The summed E-state index contributed by atoms with van der Waals surface area (Å²) in [5, 5.41) is 8.67. The molecule has 0 saturated carbocycles. The number of hydrogen-bond acceptors (Lipinski definition) is 1. The van der Waals surface area contributed by atoms with E-state index in [4.69, 9.17) is 5.11 Å². The lowest BCUT2D eigenvalue weighted by Gasteiger charge is -2.05. The summed E-state index contributed by atoms with van der Waals surface area (Å²) in [6.45, 7) is 5.02. The molecule has 0 radical (unpaired) electrons. The van der Waals surface area contributed by atoms with Gasteiger partial charge in [-0.05, 0) is 26.0 Å². The quantitative estimate of drug-likeness (QED) is 0.652. The Bertz CT molecular complexity index is 196. The van der Waals surface area contributed by atoms with Gasteiger partial charge in [-0.15, -0.1) is 0 Å². The fraction of sp³-hybridized carbons (Fsp3) is 0.500. The molecule has 0 spiro atoms. The number of hydrogen-bond donors (Lipinski definition) is 1. The van der Waals surface area contributed by atoms with Crippen LogP contribution in [0.2, 0.25) is 0 Å². The van der Waals surface area contributed by atoms with Gasteiger partial charge in [0.1, 0.15) is 0 Å². The van der Waals surface area contributed by atoms with Crippen molar-refractivity contribution in [1.29, 1.82) is 0 Å². The van der Waals surface area contributed by atoms with Crippen molar-refractivity contribution in [2.45, 2.75) is 20.4 Å². The molecule has 0 bridgehead atoms. The number of aryl methyl sites for hydroxylation is 2. The van der Waals surface area contributed by atoms with Gasteiger partial charge < -0.3 is 9.67 Å². The Kier molecular flexibility index (Phi) is 2.12. The number of rotatable bonds is 2. The number of aromatic nitrogens is 1. The van der Waals surface area contributed by atoms with Crippen molar-refractivity contribution in [2.75, 3.05) is 6.61 Å². The standard InChI is InChI=1S/C8H13NO/c1-7-3-4-8(2)9(7)5-6-10/h3-4,10H,5-6H2,1-2H3.